The van der Waals surface area contributed by atoms with Crippen molar-refractivity contribution >= 4 is 38.8 Å². The van der Waals surface area contributed by atoms with E-state index in [-0.39, 0.29) is 22.1 Å². The maximum absolute atomic E-state index is 13.0. The van der Waals surface area contributed by atoms with Crippen LogP contribution >= 0.6 is 22.7 Å². The van der Waals surface area contributed by atoms with E-state index in [1.54, 1.807) is 6.07 Å². The highest BCUT2D eigenvalue weighted by atomic mass is 32.1. The minimum Gasteiger partial charge on any atom is -0.506 e. The number of ether oxygens (including phenoxy) is 2. The summed E-state index contributed by atoms with van der Waals surface area (Å²) in [6.07, 6.45) is 0.984. The summed E-state index contributed by atoms with van der Waals surface area (Å²) < 4.78 is 12.8. The standard InChI is InChI=1S/C32H38N4O6S2/c1-21-16-27(43-19-21)30(39)36-13-15-42-32(20-36)8-10-35(11-9-32)12-14-41-23-4-2-22(3-5-23)17-33-18-26(38)24-6-7-25(37)28-29(24)44-31(40)34-28/h2-7,16,19,26,33,37-38H,8-15,17-18,20H2,1H3,(H,34,40). The largest absolute Gasteiger partial charge is 0.506 e. The number of nitrogens with one attached hydrogen (secondary N) is 2. The van der Waals surface area contributed by atoms with Gasteiger partial charge in [0.25, 0.3) is 5.91 Å². The van der Waals surface area contributed by atoms with E-state index in [9.17, 15) is 19.8 Å². The molecule has 12 heteroatoms. The maximum Gasteiger partial charge on any atom is 0.305 e. The smallest absolute Gasteiger partial charge is 0.305 e. The number of aromatic amines is 1. The third-order valence-electron chi connectivity index (χ3n) is 8.46. The van der Waals surface area contributed by atoms with Crippen LogP contribution < -0.4 is 14.9 Å². The van der Waals surface area contributed by atoms with Crippen molar-refractivity contribution in [3.63, 3.8) is 0 Å². The minimum atomic E-state index is -0.821. The summed E-state index contributed by atoms with van der Waals surface area (Å²) in [7, 11) is 0. The first kappa shape index (κ1) is 30.8. The van der Waals surface area contributed by atoms with Crippen molar-refractivity contribution in [1.82, 2.24) is 20.1 Å². The summed E-state index contributed by atoms with van der Waals surface area (Å²) in [5.41, 5.74) is 2.90. The van der Waals surface area contributed by atoms with Crippen molar-refractivity contribution < 1.29 is 24.5 Å². The monoisotopic (exact) mass is 638 g/mol. The van der Waals surface area contributed by atoms with Gasteiger partial charge in [0.15, 0.2) is 0 Å². The number of aryl methyl sites for hydroxylation is 1. The SMILES string of the molecule is Cc1csc(C(=O)N2CCOC3(CCN(CCOc4ccc(CNCC(O)c5ccc(O)c6[nH]c(=O)sc56)cc4)CC3)C2)c1. The molecule has 0 aliphatic carbocycles. The van der Waals surface area contributed by atoms with E-state index in [0.717, 1.165) is 65.6 Å². The molecule has 6 rings (SSSR count). The minimum absolute atomic E-state index is 0.00577. The van der Waals surface area contributed by atoms with Crippen LogP contribution in [0.5, 0.6) is 11.5 Å². The first-order valence-corrected chi connectivity index (χ1v) is 16.6. The lowest BCUT2D eigenvalue weighted by molar-refractivity contribution is -0.127. The number of H-pyrrole nitrogens is 1. The van der Waals surface area contributed by atoms with Crippen LogP contribution in [0.25, 0.3) is 10.2 Å². The molecule has 1 atom stereocenters. The number of aromatic hydroxyl groups is 1. The van der Waals surface area contributed by atoms with Gasteiger partial charge in [0.2, 0.25) is 0 Å². The quantitative estimate of drug-likeness (QED) is 0.206. The fourth-order valence-electron chi connectivity index (χ4n) is 5.97. The van der Waals surface area contributed by atoms with Crippen LogP contribution in [0, 0.1) is 6.92 Å². The molecule has 4 aromatic rings. The number of piperidine rings is 1. The third-order valence-corrected chi connectivity index (χ3v) is 10.4. The van der Waals surface area contributed by atoms with E-state index in [1.165, 1.54) is 17.4 Å². The second-order valence-electron chi connectivity index (χ2n) is 11.6. The van der Waals surface area contributed by atoms with Crippen molar-refractivity contribution in [2.45, 2.75) is 38.0 Å². The van der Waals surface area contributed by atoms with Crippen LogP contribution in [0.2, 0.25) is 0 Å². The lowest BCUT2D eigenvalue weighted by atomic mass is 9.89. The van der Waals surface area contributed by atoms with Gasteiger partial charge in [-0.15, -0.1) is 11.3 Å². The van der Waals surface area contributed by atoms with Crippen LogP contribution in [-0.2, 0) is 11.3 Å². The van der Waals surface area contributed by atoms with E-state index in [4.69, 9.17) is 9.47 Å². The molecule has 2 fully saturated rings. The van der Waals surface area contributed by atoms with E-state index >= 15 is 0 Å². The molecule has 1 spiro atoms. The van der Waals surface area contributed by atoms with Gasteiger partial charge in [-0.1, -0.05) is 29.5 Å². The van der Waals surface area contributed by atoms with Gasteiger partial charge in [0.1, 0.15) is 23.6 Å². The van der Waals surface area contributed by atoms with Gasteiger partial charge in [-0.3, -0.25) is 14.5 Å². The maximum atomic E-state index is 13.0. The highest BCUT2D eigenvalue weighted by molar-refractivity contribution is 7.16. The van der Waals surface area contributed by atoms with Crippen molar-refractivity contribution in [3.8, 4) is 11.5 Å². The molecule has 2 aromatic carbocycles. The predicted octanol–water partition coefficient (Wildman–Crippen LogP) is 3.87. The number of benzene rings is 2. The number of amides is 1. The number of hydrogen-bond donors (Lipinski definition) is 4. The second kappa shape index (κ2) is 13.4. The predicted molar refractivity (Wildman–Crippen MR) is 172 cm³/mol. The first-order valence-electron chi connectivity index (χ1n) is 14.9. The summed E-state index contributed by atoms with van der Waals surface area (Å²) >= 11 is 2.50. The Morgan fingerprint density at radius 2 is 1.98 bits per heavy atom. The Morgan fingerprint density at radius 1 is 1.18 bits per heavy atom. The summed E-state index contributed by atoms with van der Waals surface area (Å²) in [5, 5.41) is 26.0. The van der Waals surface area contributed by atoms with E-state index < -0.39 is 6.10 Å². The molecule has 2 saturated heterocycles. The Morgan fingerprint density at radius 3 is 2.73 bits per heavy atom. The number of hydrogen-bond acceptors (Lipinski definition) is 10. The summed E-state index contributed by atoms with van der Waals surface area (Å²) in [5.74, 6) is 0.923. The van der Waals surface area contributed by atoms with Gasteiger partial charge >= 0.3 is 4.87 Å². The van der Waals surface area contributed by atoms with Gasteiger partial charge in [-0.05, 0) is 60.5 Å². The number of carbonyl (C=O) groups is 1. The van der Waals surface area contributed by atoms with Crippen molar-refractivity contribution in [1.29, 1.82) is 0 Å². The van der Waals surface area contributed by atoms with Gasteiger partial charge in [-0.2, -0.15) is 0 Å². The molecule has 4 N–H and O–H groups in total. The fourth-order valence-corrected chi connectivity index (χ4v) is 7.75. The molecular weight excluding hydrogens is 601 g/mol. The normalized spacial score (nSPS) is 17.7. The molecule has 2 aromatic heterocycles. The molecule has 1 amide bonds. The van der Waals surface area contributed by atoms with Crippen molar-refractivity contribution in [2.24, 2.45) is 0 Å². The zero-order valence-corrected chi connectivity index (χ0v) is 26.3. The van der Waals surface area contributed by atoms with Gasteiger partial charge in [0.05, 0.1) is 34.4 Å². The summed E-state index contributed by atoms with van der Waals surface area (Å²) in [6, 6.07) is 13.0. The second-order valence-corrected chi connectivity index (χ2v) is 13.5. The molecule has 1 unspecified atom stereocenters. The number of aromatic nitrogens is 1. The molecule has 234 valence electrons. The number of fused-ring (bicyclic) bond motifs is 1. The number of thiazole rings is 1. The Bertz CT molecular complexity index is 1640. The molecule has 0 saturated carbocycles. The number of carbonyl (C=O) groups excluding carboxylic acids is 1. The molecular formula is C32H38N4O6S2. The number of nitrogens with zero attached hydrogens (tertiary/aromatic N) is 2. The van der Waals surface area contributed by atoms with Crippen LogP contribution in [0.3, 0.4) is 0 Å². The van der Waals surface area contributed by atoms with Crippen LogP contribution in [0.1, 0.15) is 45.3 Å². The van der Waals surface area contributed by atoms with Crippen molar-refractivity contribution in [2.75, 3.05) is 52.5 Å². The van der Waals surface area contributed by atoms with Crippen LogP contribution in [-0.4, -0.2) is 89.0 Å². The molecule has 44 heavy (non-hydrogen) atoms. The lowest BCUT2D eigenvalue weighted by Crippen LogP contribution is -2.58. The molecule has 0 radical (unpaired) electrons. The van der Waals surface area contributed by atoms with Crippen LogP contribution in [0.4, 0.5) is 0 Å². The van der Waals surface area contributed by atoms with Crippen molar-refractivity contribution in [3.05, 3.63) is 79.1 Å². The summed E-state index contributed by atoms with van der Waals surface area (Å²) in [6.45, 7) is 8.02. The Kier molecular flexibility index (Phi) is 9.36. The van der Waals surface area contributed by atoms with E-state index in [2.05, 4.69) is 15.2 Å². The number of phenols is 1. The number of likely N-dealkylation sites (tertiary alicyclic amines) is 1. The number of thiophene rings is 1. The first-order chi connectivity index (χ1) is 21.3. The Balaban J connectivity index is 0.910. The number of phenolic OH excluding ortho intramolecular Hbond substituents is 1. The molecule has 2 aliphatic rings. The Labute approximate surface area is 263 Å². The fraction of sp³-hybridized carbons (Fsp3) is 0.438. The third kappa shape index (κ3) is 7.01. The molecule has 10 nitrogen and oxygen atoms in total. The molecule has 4 heterocycles. The van der Waals surface area contributed by atoms with Crippen LogP contribution in [0.15, 0.2) is 52.6 Å². The topological polar surface area (TPSA) is 127 Å². The van der Waals surface area contributed by atoms with E-state index in [0.29, 0.717) is 55.2 Å². The van der Waals surface area contributed by atoms with E-state index in [1.807, 2.05) is 47.5 Å². The highest BCUT2D eigenvalue weighted by Crippen LogP contribution is 2.32. The Hall–Kier alpha value is -3.26. The highest BCUT2D eigenvalue weighted by Gasteiger charge is 2.41. The zero-order chi connectivity index (χ0) is 30.7. The van der Waals surface area contributed by atoms with Gasteiger partial charge in [0, 0.05) is 44.8 Å². The average Bonchev–Trinajstić information content (AvgIpc) is 3.64. The zero-order valence-electron chi connectivity index (χ0n) is 24.7. The number of aliphatic hydroxyl groups excluding tert-OH is 1. The molecule has 0 bridgehead atoms. The number of aliphatic hydroxyl groups is 1. The lowest BCUT2D eigenvalue weighted by Gasteiger charge is -2.47. The van der Waals surface area contributed by atoms with Gasteiger partial charge < -0.3 is 34.9 Å². The molecule has 2 aliphatic heterocycles. The van der Waals surface area contributed by atoms with Gasteiger partial charge in [-0.25, -0.2) is 0 Å². The average molecular weight is 639 g/mol. The number of morpholine rings is 1. The number of rotatable bonds is 10. The summed E-state index contributed by atoms with van der Waals surface area (Å²) in [4.78, 5) is 32.3.